The van der Waals surface area contributed by atoms with E-state index in [0.29, 0.717) is 19.6 Å². The maximum absolute atomic E-state index is 11.6. The summed E-state index contributed by atoms with van der Waals surface area (Å²) < 4.78 is 0. The summed E-state index contributed by atoms with van der Waals surface area (Å²) in [5.41, 5.74) is 0.920. The first kappa shape index (κ1) is 15.4. The lowest BCUT2D eigenvalue weighted by Gasteiger charge is -2.19. The Kier molecular flexibility index (Phi) is 6.21. The van der Waals surface area contributed by atoms with Crippen molar-refractivity contribution in [3.8, 4) is 0 Å². The molecular weight excluding hydrogens is 242 g/mol. The highest BCUT2D eigenvalue weighted by molar-refractivity contribution is 5.77. The molecule has 1 amide bonds. The highest BCUT2D eigenvalue weighted by Crippen LogP contribution is 2.07. The zero-order valence-electron chi connectivity index (χ0n) is 12.2. The summed E-state index contributed by atoms with van der Waals surface area (Å²) in [5, 5.41) is 5.81. The second-order valence-corrected chi connectivity index (χ2v) is 4.32. The summed E-state index contributed by atoms with van der Waals surface area (Å²) in [7, 11) is 1.83. The Morgan fingerprint density at radius 1 is 1.37 bits per heavy atom. The van der Waals surface area contributed by atoms with Gasteiger partial charge in [-0.15, -0.1) is 0 Å². The van der Waals surface area contributed by atoms with Crippen molar-refractivity contribution in [3.63, 3.8) is 0 Å². The average Bonchev–Trinajstić information content (AvgIpc) is 2.37. The first-order valence-corrected chi connectivity index (χ1v) is 6.60. The van der Waals surface area contributed by atoms with E-state index in [1.54, 1.807) is 0 Å². The smallest absolute Gasteiger partial charge is 0.234 e. The second kappa shape index (κ2) is 7.68. The van der Waals surface area contributed by atoms with Crippen LogP contribution in [-0.2, 0) is 11.3 Å². The van der Waals surface area contributed by atoms with E-state index in [1.807, 2.05) is 38.8 Å². The predicted octanol–water partition coefficient (Wildman–Crippen LogP) is 0.785. The summed E-state index contributed by atoms with van der Waals surface area (Å²) in [6.07, 6.45) is 0. The molecule has 6 heteroatoms. The van der Waals surface area contributed by atoms with Crippen LogP contribution in [0.3, 0.4) is 0 Å². The number of aromatic nitrogens is 2. The van der Waals surface area contributed by atoms with E-state index < -0.39 is 0 Å². The van der Waals surface area contributed by atoms with Gasteiger partial charge in [0.1, 0.15) is 11.6 Å². The van der Waals surface area contributed by atoms with Crippen molar-refractivity contribution in [2.45, 2.75) is 27.3 Å². The third-order valence-electron chi connectivity index (χ3n) is 2.71. The van der Waals surface area contributed by atoms with Crippen LogP contribution < -0.4 is 10.6 Å². The largest absolute Gasteiger partial charge is 0.373 e. The first-order chi connectivity index (χ1) is 9.08. The predicted molar refractivity (Wildman–Crippen MR) is 76.0 cm³/mol. The molecule has 1 heterocycles. The molecule has 0 atom stereocenters. The molecule has 0 unspecified atom stereocenters. The normalized spacial score (nSPS) is 10.6. The Balaban J connectivity index is 2.69. The molecule has 0 aliphatic carbocycles. The van der Waals surface area contributed by atoms with Crippen molar-refractivity contribution >= 4 is 11.7 Å². The van der Waals surface area contributed by atoms with Gasteiger partial charge < -0.3 is 10.6 Å². The minimum absolute atomic E-state index is 0.0332. The zero-order chi connectivity index (χ0) is 14.3. The number of carbonyl (C=O) groups excluding carboxylic acids is 1. The molecule has 0 spiro atoms. The van der Waals surface area contributed by atoms with Crippen LogP contribution in [0.1, 0.15) is 25.4 Å². The van der Waals surface area contributed by atoms with Gasteiger partial charge in [0.2, 0.25) is 5.91 Å². The number of amides is 1. The highest BCUT2D eigenvalue weighted by atomic mass is 16.2. The van der Waals surface area contributed by atoms with Crippen LogP contribution in [0.15, 0.2) is 6.07 Å². The van der Waals surface area contributed by atoms with Gasteiger partial charge in [-0.1, -0.05) is 6.92 Å². The van der Waals surface area contributed by atoms with Crippen molar-refractivity contribution in [2.24, 2.45) is 0 Å². The maximum atomic E-state index is 11.6. The van der Waals surface area contributed by atoms with E-state index in [0.717, 1.165) is 23.9 Å². The van der Waals surface area contributed by atoms with Gasteiger partial charge in [-0.05, 0) is 20.4 Å². The van der Waals surface area contributed by atoms with Gasteiger partial charge in [-0.3, -0.25) is 9.69 Å². The molecule has 0 saturated heterocycles. The van der Waals surface area contributed by atoms with Gasteiger partial charge in [0.25, 0.3) is 0 Å². The number of hydrogen-bond acceptors (Lipinski definition) is 5. The number of likely N-dealkylation sites (N-methyl/N-ethyl adjacent to an activating group) is 2. The van der Waals surface area contributed by atoms with E-state index in [1.165, 1.54) is 0 Å². The number of anilines is 1. The first-order valence-electron chi connectivity index (χ1n) is 6.60. The van der Waals surface area contributed by atoms with Gasteiger partial charge in [0, 0.05) is 25.4 Å². The van der Waals surface area contributed by atoms with Crippen molar-refractivity contribution in [1.82, 2.24) is 20.2 Å². The highest BCUT2D eigenvalue weighted by Gasteiger charge is 2.11. The molecule has 0 fully saturated rings. The molecule has 0 radical (unpaired) electrons. The van der Waals surface area contributed by atoms with Crippen LogP contribution in [-0.4, -0.2) is 47.5 Å². The third kappa shape index (κ3) is 5.21. The summed E-state index contributed by atoms with van der Waals surface area (Å²) in [4.78, 5) is 22.4. The molecule has 0 aromatic carbocycles. The molecule has 1 rings (SSSR count). The molecule has 6 nitrogen and oxygen atoms in total. The summed E-state index contributed by atoms with van der Waals surface area (Å²) >= 11 is 0. The molecule has 106 valence electrons. The molecule has 0 saturated carbocycles. The van der Waals surface area contributed by atoms with Crippen molar-refractivity contribution < 1.29 is 4.79 Å². The number of rotatable bonds is 7. The lowest BCUT2D eigenvalue weighted by Crippen LogP contribution is -2.37. The number of nitrogens with zero attached hydrogens (tertiary/aromatic N) is 3. The maximum Gasteiger partial charge on any atom is 0.234 e. The van der Waals surface area contributed by atoms with Crippen LogP contribution in [0.4, 0.5) is 5.82 Å². The summed E-state index contributed by atoms with van der Waals surface area (Å²) in [5.74, 6) is 1.57. The van der Waals surface area contributed by atoms with Crippen molar-refractivity contribution in [1.29, 1.82) is 0 Å². The van der Waals surface area contributed by atoms with E-state index in [-0.39, 0.29) is 5.91 Å². The minimum atomic E-state index is 0.0332. The van der Waals surface area contributed by atoms with Crippen LogP contribution >= 0.6 is 0 Å². The average molecular weight is 265 g/mol. The Hall–Kier alpha value is -1.69. The minimum Gasteiger partial charge on any atom is -0.373 e. The Morgan fingerprint density at radius 2 is 2.11 bits per heavy atom. The molecule has 0 aliphatic rings. The van der Waals surface area contributed by atoms with Crippen molar-refractivity contribution in [2.75, 3.05) is 32.0 Å². The topological polar surface area (TPSA) is 70.2 Å². The Morgan fingerprint density at radius 3 is 2.68 bits per heavy atom. The van der Waals surface area contributed by atoms with Gasteiger partial charge in [-0.2, -0.15) is 0 Å². The van der Waals surface area contributed by atoms with Crippen molar-refractivity contribution in [3.05, 3.63) is 17.6 Å². The summed E-state index contributed by atoms with van der Waals surface area (Å²) in [6.45, 7) is 8.25. The molecule has 19 heavy (non-hydrogen) atoms. The standard InChI is InChI=1S/C13H23N5O/c1-5-15-13(19)9-18(6-2)8-12-16-10(3)7-11(14-4)17-12/h7H,5-6,8-9H2,1-4H3,(H,15,19)(H,14,16,17). The van der Waals surface area contributed by atoms with E-state index in [4.69, 9.17) is 0 Å². The second-order valence-electron chi connectivity index (χ2n) is 4.32. The number of aryl methyl sites for hydroxylation is 1. The fourth-order valence-corrected chi connectivity index (χ4v) is 1.76. The third-order valence-corrected chi connectivity index (χ3v) is 2.71. The van der Waals surface area contributed by atoms with Crippen LogP contribution in [0.5, 0.6) is 0 Å². The van der Waals surface area contributed by atoms with E-state index in [9.17, 15) is 4.79 Å². The van der Waals surface area contributed by atoms with E-state index >= 15 is 0 Å². The van der Waals surface area contributed by atoms with Crippen LogP contribution in [0.25, 0.3) is 0 Å². The van der Waals surface area contributed by atoms with Crippen LogP contribution in [0.2, 0.25) is 0 Å². The number of hydrogen-bond donors (Lipinski definition) is 2. The Bertz CT molecular complexity index is 421. The van der Waals surface area contributed by atoms with Gasteiger partial charge in [0.05, 0.1) is 13.1 Å². The van der Waals surface area contributed by atoms with E-state index in [2.05, 4.69) is 20.6 Å². The van der Waals surface area contributed by atoms with Crippen LogP contribution in [0, 0.1) is 6.92 Å². The molecule has 1 aromatic rings. The zero-order valence-corrected chi connectivity index (χ0v) is 12.2. The quantitative estimate of drug-likeness (QED) is 0.762. The monoisotopic (exact) mass is 265 g/mol. The molecule has 0 bridgehead atoms. The number of carbonyl (C=O) groups is 1. The molecule has 1 aromatic heterocycles. The number of nitrogens with one attached hydrogen (secondary N) is 2. The Labute approximate surface area is 114 Å². The fraction of sp³-hybridized carbons (Fsp3) is 0.615. The fourth-order valence-electron chi connectivity index (χ4n) is 1.76. The van der Waals surface area contributed by atoms with Gasteiger partial charge >= 0.3 is 0 Å². The molecule has 0 aliphatic heterocycles. The van der Waals surface area contributed by atoms with Gasteiger partial charge in [-0.25, -0.2) is 9.97 Å². The summed E-state index contributed by atoms with van der Waals surface area (Å²) in [6, 6.07) is 1.89. The lowest BCUT2D eigenvalue weighted by atomic mass is 10.3. The molecular formula is C13H23N5O. The lowest BCUT2D eigenvalue weighted by molar-refractivity contribution is -0.122. The SMILES string of the molecule is CCNC(=O)CN(CC)Cc1nc(C)cc(NC)n1. The van der Waals surface area contributed by atoms with Gasteiger partial charge in [0.15, 0.2) is 0 Å². The molecule has 2 N–H and O–H groups in total.